The summed E-state index contributed by atoms with van der Waals surface area (Å²) >= 11 is 0. The first-order chi connectivity index (χ1) is 32.7. The number of amides is 3. The predicted molar refractivity (Wildman–Crippen MR) is 241 cm³/mol. The summed E-state index contributed by atoms with van der Waals surface area (Å²) in [6.07, 6.45) is 6.82. The molecule has 0 saturated carbocycles. The van der Waals surface area contributed by atoms with Crippen molar-refractivity contribution in [2.24, 2.45) is 0 Å². The summed E-state index contributed by atoms with van der Waals surface area (Å²) in [5.41, 5.74) is 3.52. The number of ketones is 6. The smallest absolute Gasteiger partial charge is 0.550 e. The first-order valence-corrected chi connectivity index (χ1v) is 21.1. The summed E-state index contributed by atoms with van der Waals surface area (Å²) in [7, 11) is 0. The number of carbonyl (C=O) groups is 12. The molecule has 3 aliphatic carbocycles. The predicted octanol–water partition coefficient (Wildman–Crippen LogP) is -0.707. The van der Waals surface area contributed by atoms with Gasteiger partial charge in [-0.05, 0) is 89.5 Å². The zero-order chi connectivity index (χ0) is 50.2. The Morgan fingerprint density at radius 1 is 0.371 bits per heavy atom. The fraction of sp³-hybridized carbons (Fsp3) is 0.176. The van der Waals surface area contributed by atoms with Crippen LogP contribution in [-0.2, 0) is 57.5 Å². The number of carbonyl (C=O) groups excluding carboxylic acids is 12. The van der Waals surface area contributed by atoms with Gasteiger partial charge in [0.25, 0.3) is 17.7 Å². The Morgan fingerprint density at radius 3 is 0.757 bits per heavy atom. The van der Waals surface area contributed by atoms with Gasteiger partial charge in [-0.25, -0.2) is 0 Å². The van der Waals surface area contributed by atoms with Crippen molar-refractivity contribution in [3.63, 3.8) is 0 Å². The molecule has 350 valence electrons. The molecule has 6 aliphatic rings. The molecule has 0 bridgehead atoms. The topological polar surface area (TPSA) is 284 Å². The van der Waals surface area contributed by atoms with Crippen LogP contribution < -0.4 is 30.0 Å². The number of carboxylic acids is 3. The van der Waals surface area contributed by atoms with Crippen molar-refractivity contribution < 1.29 is 72.9 Å². The Kier molecular flexibility index (Phi) is 15.1. The molecule has 0 fully saturated rings. The third kappa shape index (κ3) is 9.87. The maximum absolute atomic E-state index is 12.4. The molecule has 0 aromatic heterocycles. The number of hydrogen-bond acceptors (Lipinski definition) is 15. The van der Waals surface area contributed by atoms with E-state index in [0.717, 1.165) is 18.2 Å². The fourth-order valence-corrected chi connectivity index (χ4v) is 7.95. The minimum Gasteiger partial charge on any atom is -0.550 e. The van der Waals surface area contributed by atoms with Crippen LogP contribution in [0.4, 0.5) is 17.1 Å². The van der Waals surface area contributed by atoms with Gasteiger partial charge in [-0.15, -0.1) is 0 Å². The van der Waals surface area contributed by atoms with Gasteiger partial charge in [-0.3, -0.25) is 43.2 Å². The van der Waals surface area contributed by atoms with Crippen molar-refractivity contribution in [2.75, 3.05) is 34.3 Å². The molecular formula is C51H36BiN3O15. The normalized spacial score (nSPS) is 18.2. The third-order valence-corrected chi connectivity index (χ3v) is 12.2. The largest absolute Gasteiger partial charge is 3.00 e. The average molecular weight is 1140 g/mol. The Hall–Kier alpha value is -8.18. The van der Waals surface area contributed by atoms with Crippen molar-refractivity contribution in [3.8, 4) is 0 Å². The fourth-order valence-electron chi connectivity index (χ4n) is 7.95. The number of rotatable bonds is 9. The number of carboxylic acid groups (broad SMARTS) is 3. The summed E-state index contributed by atoms with van der Waals surface area (Å²) in [6.45, 7) is 4.65. The second-order valence-corrected chi connectivity index (χ2v) is 16.3. The molecule has 3 amide bonds. The molecule has 0 spiro atoms. The second kappa shape index (κ2) is 20.6. The Bertz CT molecular complexity index is 2740. The van der Waals surface area contributed by atoms with Gasteiger partial charge in [0.05, 0.1) is 36.4 Å². The van der Waals surface area contributed by atoms with Crippen molar-refractivity contribution in [1.29, 1.82) is 0 Å². The van der Waals surface area contributed by atoms with E-state index in [1.165, 1.54) is 53.7 Å². The number of allylic oxidation sites excluding steroid dienone is 6. The van der Waals surface area contributed by atoms with Gasteiger partial charge in [-0.1, -0.05) is 57.2 Å². The van der Waals surface area contributed by atoms with Crippen LogP contribution in [0.1, 0.15) is 55.2 Å². The van der Waals surface area contributed by atoms with Crippen LogP contribution in [0.15, 0.2) is 143 Å². The zero-order valence-corrected chi connectivity index (χ0v) is 40.6. The summed E-state index contributed by atoms with van der Waals surface area (Å²) in [6, 6.07) is 19.1. The van der Waals surface area contributed by atoms with E-state index in [9.17, 15) is 72.9 Å². The van der Waals surface area contributed by atoms with Crippen LogP contribution in [-0.4, -0.2) is 116 Å². The summed E-state index contributed by atoms with van der Waals surface area (Å²) in [5.74, 6) is -9.79. The molecule has 3 heterocycles. The minimum absolute atomic E-state index is 0. The SMILES string of the molecule is CC(C(=O)[O-])c1ccc(N2CC3=C(C(=O)C=CC3=O)C2=O)cc1.CC(C(=O)[O-])c1ccc(N2CC3=C(C(=O)C=CC3=O)C2=O)cc1.CC(C(=O)[O-])c1ccc(N2CC3=C(C(=O)C=CC3=O)C2=O)cc1.[Bi+3]. The van der Waals surface area contributed by atoms with Crippen LogP contribution >= 0.6 is 0 Å². The quantitative estimate of drug-likeness (QED) is 0.145. The van der Waals surface area contributed by atoms with E-state index in [1.807, 2.05) is 0 Å². The van der Waals surface area contributed by atoms with Gasteiger partial charge in [0.2, 0.25) is 0 Å². The van der Waals surface area contributed by atoms with Crippen LogP contribution in [0.3, 0.4) is 0 Å². The first-order valence-electron chi connectivity index (χ1n) is 21.1. The van der Waals surface area contributed by atoms with Crippen LogP contribution in [0.25, 0.3) is 0 Å². The van der Waals surface area contributed by atoms with Crippen molar-refractivity contribution >= 4 is 114 Å². The van der Waals surface area contributed by atoms with Crippen LogP contribution in [0, 0.1) is 0 Å². The van der Waals surface area contributed by atoms with Gasteiger partial charge < -0.3 is 44.4 Å². The Morgan fingerprint density at radius 2 is 0.571 bits per heavy atom. The molecule has 19 heteroatoms. The van der Waals surface area contributed by atoms with Gasteiger partial charge >= 0.3 is 26.2 Å². The van der Waals surface area contributed by atoms with E-state index >= 15 is 0 Å². The zero-order valence-electron chi connectivity index (χ0n) is 37.2. The monoisotopic (exact) mass is 1140 g/mol. The van der Waals surface area contributed by atoms with Gasteiger partial charge in [0, 0.05) is 69.4 Å². The molecule has 18 nitrogen and oxygen atoms in total. The Balaban J connectivity index is 0.000000171. The number of hydrogen-bond donors (Lipinski definition) is 0. The van der Waals surface area contributed by atoms with E-state index in [1.54, 1.807) is 72.8 Å². The van der Waals surface area contributed by atoms with E-state index in [2.05, 4.69) is 0 Å². The van der Waals surface area contributed by atoms with E-state index in [-0.39, 0.29) is 96.6 Å². The summed E-state index contributed by atoms with van der Waals surface area (Å²) in [4.78, 5) is 145. The van der Waals surface area contributed by atoms with E-state index < -0.39 is 70.7 Å². The van der Waals surface area contributed by atoms with Gasteiger partial charge in [0.1, 0.15) is 0 Å². The van der Waals surface area contributed by atoms with E-state index in [0.29, 0.717) is 33.8 Å². The number of nitrogens with zero attached hydrogens (tertiary/aromatic N) is 3. The Labute approximate surface area is 416 Å². The van der Waals surface area contributed by atoms with Crippen LogP contribution in [0.2, 0.25) is 0 Å². The van der Waals surface area contributed by atoms with Gasteiger partial charge in [-0.2, -0.15) is 0 Å². The van der Waals surface area contributed by atoms with E-state index in [4.69, 9.17) is 0 Å². The van der Waals surface area contributed by atoms with Crippen molar-refractivity contribution in [2.45, 2.75) is 38.5 Å². The molecule has 3 aliphatic heterocycles. The van der Waals surface area contributed by atoms with Crippen molar-refractivity contribution in [3.05, 3.63) is 159 Å². The summed E-state index contributed by atoms with van der Waals surface area (Å²) in [5, 5.41) is 32.6. The number of anilines is 3. The van der Waals surface area contributed by atoms with Crippen molar-refractivity contribution in [1.82, 2.24) is 0 Å². The molecule has 70 heavy (non-hydrogen) atoms. The third-order valence-electron chi connectivity index (χ3n) is 12.2. The maximum atomic E-state index is 12.4. The molecule has 3 unspecified atom stereocenters. The average Bonchev–Trinajstić information content (AvgIpc) is 4.01. The molecular weight excluding hydrogens is 1100 g/mol. The second-order valence-electron chi connectivity index (χ2n) is 16.3. The molecule has 3 atom stereocenters. The standard InChI is InChI=1S/3C17H13NO5.Bi/c3*1-9(17(22)23)10-2-4-11(5-3-10)18-8-12-13(19)6-7-14(20)15(12)16(18)21;/h3*2-7,9H,8H2,1H3,(H,22,23);/q;;;+3/p-3. The first kappa shape index (κ1) is 51.2. The molecule has 0 saturated heterocycles. The molecule has 0 N–H and O–H groups in total. The molecule has 3 aromatic carbocycles. The minimum atomic E-state index is -1.19. The summed E-state index contributed by atoms with van der Waals surface area (Å²) < 4.78 is 0. The molecule has 3 aromatic rings. The number of aliphatic carboxylic acids is 3. The molecule has 9 rings (SSSR count). The maximum Gasteiger partial charge on any atom is 3.00 e. The molecule has 2 radical (unpaired) electrons. The van der Waals surface area contributed by atoms with Gasteiger partial charge in [0.15, 0.2) is 34.7 Å². The number of benzene rings is 3. The van der Waals surface area contributed by atoms with Crippen LogP contribution in [0.5, 0.6) is 0 Å².